The van der Waals surface area contributed by atoms with Crippen molar-refractivity contribution in [2.75, 3.05) is 12.9 Å². The second kappa shape index (κ2) is 7.81. The van der Waals surface area contributed by atoms with Gasteiger partial charge in [0.2, 0.25) is 0 Å². The Morgan fingerprint density at radius 3 is 2.54 bits per heavy atom. The highest BCUT2D eigenvalue weighted by Crippen LogP contribution is 2.28. The Morgan fingerprint density at radius 1 is 1.18 bits per heavy atom. The van der Waals surface area contributed by atoms with Gasteiger partial charge in [0, 0.05) is 12.5 Å². The quantitative estimate of drug-likeness (QED) is 0.387. The second-order valence-electron chi connectivity index (χ2n) is 6.15. The van der Waals surface area contributed by atoms with Crippen LogP contribution in [0, 0.1) is 6.92 Å². The minimum atomic E-state index is -3.54. The molecule has 0 saturated carbocycles. The zero-order valence-electron chi connectivity index (χ0n) is 15.8. The molecule has 0 fully saturated rings. The van der Waals surface area contributed by atoms with Crippen molar-refractivity contribution >= 4 is 15.7 Å². The normalized spacial score (nSPS) is 12.2. The van der Waals surface area contributed by atoms with E-state index in [1.165, 1.54) is 12.1 Å². The number of nitrogens with zero attached hydrogens (tertiary/aromatic N) is 4. The van der Waals surface area contributed by atoms with Crippen molar-refractivity contribution in [2.24, 2.45) is 10.9 Å². The molecule has 0 atom stereocenters. The maximum absolute atomic E-state index is 12.3. The van der Waals surface area contributed by atoms with Crippen molar-refractivity contribution in [1.82, 2.24) is 14.8 Å². The van der Waals surface area contributed by atoms with Gasteiger partial charge in [-0.25, -0.2) is 18.1 Å². The molecule has 0 radical (unpaired) electrons. The van der Waals surface area contributed by atoms with E-state index in [4.69, 9.17) is 10.6 Å². The summed E-state index contributed by atoms with van der Waals surface area (Å²) in [4.78, 5) is 9.47. The third-order valence-corrected chi connectivity index (χ3v) is 5.08. The third-order valence-electron chi connectivity index (χ3n) is 3.95. The summed E-state index contributed by atoms with van der Waals surface area (Å²) in [6, 6.07) is 12.5. The van der Waals surface area contributed by atoms with E-state index in [1.54, 1.807) is 11.6 Å². The molecule has 3 aromatic rings. The van der Waals surface area contributed by atoms with Gasteiger partial charge in [-0.1, -0.05) is 23.4 Å². The van der Waals surface area contributed by atoms with Gasteiger partial charge >= 0.3 is 0 Å². The molecule has 2 heterocycles. The highest BCUT2D eigenvalue weighted by molar-refractivity contribution is 7.90. The molecule has 0 unspecified atom stereocenters. The molecule has 0 saturated heterocycles. The number of aryl methyl sites for hydroxylation is 1. The lowest BCUT2D eigenvalue weighted by Gasteiger charge is -2.09. The molecule has 0 bridgehead atoms. The van der Waals surface area contributed by atoms with Crippen LogP contribution in [0.1, 0.15) is 18.2 Å². The molecule has 9 heteroatoms. The SMILES string of the molecule is CCO/N=C(\N)c1ccc(S(C)(=O)=O)c(-c2nn(-c3ccccc3)cc2C)n1. The van der Waals surface area contributed by atoms with E-state index in [2.05, 4.69) is 15.2 Å². The Hall–Kier alpha value is -3.20. The molecule has 0 aliphatic carbocycles. The topological polar surface area (TPSA) is 112 Å². The first-order valence-electron chi connectivity index (χ1n) is 8.60. The van der Waals surface area contributed by atoms with Crippen molar-refractivity contribution in [2.45, 2.75) is 18.7 Å². The maximum atomic E-state index is 12.3. The zero-order chi connectivity index (χ0) is 20.3. The fourth-order valence-electron chi connectivity index (χ4n) is 2.65. The fourth-order valence-corrected chi connectivity index (χ4v) is 3.45. The van der Waals surface area contributed by atoms with Crippen LogP contribution in [-0.4, -0.2) is 41.9 Å². The predicted octanol–water partition coefficient (Wildman–Crippen LogP) is 2.30. The van der Waals surface area contributed by atoms with Gasteiger partial charge in [0.15, 0.2) is 15.7 Å². The molecule has 2 aromatic heterocycles. The Bertz CT molecular complexity index is 1120. The van der Waals surface area contributed by atoms with E-state index in [-0.39, 0.29) is 16.4 Å². The Kier molecular flexibility index (Phi) is 5.46. The van der Waals surface area contributed by atoms with E-state index in [0.717, 1.165) is 17.5 Å². The molecule has 2 N–H and O–H groups in total. The Morgan fingerprint density at radius 2 is 1.89 bits per heavy atom. The van der Waals surface area contributed by atoms with Gasteiger partial charge in [-0.15, -0.1) is 0 Å². The summed E-state index contributed by atoms with van der Waals surface area (Å²) in [6.45, 7) is 3.98. The van der Waals surface area contributed by atoms with Gasteiger partial charge in [-0.05, 0) is 43.7 Å². The number of oxime groups is 1. The smallest absolute Gasteiger partial charge is 0.188 e. The van der Waals surface area contributed by atoms with Gasteiger partial charge in [-0.2, -0.15) is 5.10 Å². The van der Waals surface area contributed by atoms with Crippen molar-refractivity contribution in [1.29, 1.82) is 0 Å². The van der Waals surface area contributed by atoms with Gasteiger partial charge in [-0.3, -0.25) is 0 Å². The lowest BCUT2D eigenvalue weighted by Crippen LogP contribution is -2.17. The highest BCUT2D eigenvalue weighted by atomic mass is 32.2. The van der Waals surface area contributed by atoms with Crippen LogP contribution in [-0.2, 0) is 14.7 Å². The van der Waals surface area contributed by atoms with Crippen LogP contribution in [0.4, 0.5) is 0 Å². The number of hydrogen-bond acceptors (Lipinski definition) is 6. The van der Waals surface area contributed by atoms with Crippen molar-refractivity contribution in [3.05, 3.63) is 59.9 Å². The van der Waals surface area contributed by atoms with Crippen molar-refractivity contribution in [3.63, 3.8) is 0 Å². The van der Waals surface area contributed by atoms with Crippen LogP contribution in [0.2, 0.25) is 0 Å². The van der Waals surface area contributed by atoms with Crippen molar-refractivity contribution in [3.8, 4) is 17.1 Å². The zero-order valence-corrected chi connectivity index (χ0v) is 16.6. The summed E-state index contributed by atoms with van der Waals surface area (Å²) in [5, 5.41) is 8.34. The van der Waals surface area contributed by atoms with E-state index in [9.17, 15) is 8.42 Å². The number of sulfone groups is 1. The first kappa shape index (κ1) is 19.6. The predicted molar refractivity (Wildman–Crippen MR) is 107 cm³/mol. The number of aromatic nitrogens is 3. The largest absolute Gasteiger partial charge is 0.394 e. The molecule has 0 aliphatic heterocycles. The number of pyridine rings is 1. The average Bonchev–Trinajstić information content (AvgIpc) is 3.07. The van der Waals surface area contributed by atoms with E-state index < -0.39 is 9.84 Å². The molecule has 28 heavy (non-hydrogen) atoms. The highest BCUT2D eigenvalue weighted by Gasteiger charge is 2.22. The number of para-hydroxylation sites is 1. The van der Waals surface area contributed by atoms with Crippen LogP contribution in [0.3, 0.4) is 0 Å². The Labute approximate surface area is 163 Å². The molecule has 146 valence electrons. The monoisotopic (exact) mass is 399 g/mol. The standard InChI is InChI=1S/C19H21N5O3S/c1-4-27-23-19(20)15-10-11-16(28(3,25)26)18(21-15)17-13(2)12-24(22-17)14-8-6-5-7-9-14/h5-12H,4H2,1-3H3,(H2,20,23). The van der Waals surface area contributed by atoms with Gasteiger partial charge in [0.05, 0.1) is 10.6 Å². The van der Waals surface area contributed by atoms with E-state index in [0.29, 0.717) is 18.0 Å². The van der Waals surface area contributed by atoms with Crippen LogP contribution >= 0.6 is 0 Å². The van der Waals surface area contributed by atoms with E-state index >= 15 is 0 Å². The van der Waals surface area contributed by atoms with Crippen LogP contribution in [0.5, 0.6) is 0 Å². The second-order valence-corrected chi connectivity index (χ2v) is 8.13. The molecule has 0 amide bonds. The number of nitrogens with two attached hydrogens (primary N) is 1. The molecule has 8 nitrogen and oxygen atoms in total. The summed E-state index contributed by atoms with van der Waals surface area (Å²) < 4.78 is 26.3. The van der Waals surface area contributed by atoms with Gasteiger partial charge in [0.25, 0.3) is 0 Å². The summed E-state index contributed by atoms with van der Waals surface area (Å²) >= 11 is 0. The third kappa shape index (κ3) is 4.04. The molecule has 1 aromatic carbocycles. The van der Waals surface area contributed by atoms with Gasteiger partial charge in [0.1, 0.15) is 23.7 Å². The minimum Gasteiger partial charge on any atom is -0.394 e. The molecule has 3 rings (SSSR count). The maximum Gasteiger partial charge on any atom is 0.188 e. The van der Waals surface area contributed by atoms with Crippen LogP contribution < -0.4 is 5.73 Å². The molecule has 0 spiro atoms. The Balaban J connectivity index is 2.18. The van der Waals surface area contributed by atoms with E-state index in [1.807, 2.05) is 43.5 Å². The first-order chi connectivity index (χ1) is 13.3. The first-order valence-corrected chi connectivity index (χ1v) is 10.5. The lowest BCUT2D eigenvalue weighted by molar-refractivity contribution is 0.158. The number of hydrogen-bond donors (Lipinski definition) is 1. The number of amidine groups is 1. The van der Waals surface area contributed by atoms with Gasteiger partial charge < -0.3 is 10.6 Å². The summed E-state index contributed by atoms with van der Waals surface area (Å²) in [6.07, 6.45) is 2.96. The minimum absolute atomic E-state index is 0.0586. The van der Waals surface area contributed by atoms with Crippen molar-refractivity contribution < 1.29 is 13.3 Å². The summed E-state index contributed by atoms with van der Waals surface area (Å²) in [5.74, 6) is 0.0586. The molecular formula is C19H21N5O3S. The molecular weight excluding hydrogens is 378 g/mol. The number of benzene rings is 1. The fraction of sp³-hybridized carbons (Fsp3) is 0.211. The summed E-state index contributed by atoms with van der Waals surface area (Å²) in [5.41, 5.74) is 8.53. The lowest BCUT2D eigenvalue weighted by atomic mass is 10.2. The molecule has 0 aliphatic rings. The average molecular weight is 399 g/mol. The van der Waals surface area contributed by atoms with Crippen LogP contribution in [0.25, 0.3) is 17.1 Å². The van der Waals surface area contributed by atoms with Crippen LogP contribution in [0.15, 0.2) is 58.7 Å². The number of rotatable bonds is 6. The summed E-state index contributed by atoms with van der Waals surface area (Å²) in [7, 11) is -3.54.